The number of piperazine rings is 1. The second-order valence-corrected chi connectivity index (χ2v) is 6.63. The summed E-state index contributed by atoms with van der Waals surface area (Å²) >= 11 is 0. The summed E-state index contributed by atoms with van der Waals surface area (Å²) in [7, 11) is 0. The SMILES string of the molecule is Cc1ccc(CN2CCN(CC(=O)N3CCCC3)CC2)cc1. The molecular weight excluding hydrogens is 274 g/mol. The Labute approximate surface area is 133 Å². The predicted molar refractivity (Wildman–Crippen MR) is 88.7 cm³/mol. The van der Waals surface area contributed by atoms with Crippen molar-refractivity contribution < 1.29 is 4.79 Å². The summed E-state index contributed by atoms with van der Waals surface area (Å²) in [5.74, 6) is 0.324. The molecule has 0 radical (unpaired) electrons. The maximum atomic E-state index is 12.2. The van der Waals surface area contributed by atoms with Gasteiger partial charge in [0.15, 0.2) is 0 Å². The van der Waals surface area contributed by atoms with E-state index in [9.17, 15) is 4.79 Å². The van der Waals surface area contributed by atoms with Gasteiger partial charge in [0.1, 0.15) is 0 Å². The van der Waals surface area contributed by atoms with Crippen molar-refractivity contribution in [3.8, 4) is 0 Å². The van der Waals surface area contributed by atoms with E-state index in [0.29, 0.717) is 12.5 Å². The van der Waals surface area contributed by atoms with Crippen molar-refractivity contribution in [2.75, 3.05) is 45.8 Å². The van der Waals surface area contributed by atoms with E-state index in [2.05, 4.69) is 41.0 Å². The Hall–Kier alpha value is -1.39. The average molecular weight is 301 g/mol. The summed E-state index contributed by atoms with van der Waals surface area (Å²) in [6, 6.07) is 8.80. The molecule has 0 aromatic heterocycles. The van der Waals surface area contributed by atoms with Crippen LogP contribution in [0.1, 0.15) is 24.0 Å². The molecular formula is C18H27N3O. The lowest BCUT2D eigenvalue weighted by Crippen LogP contribution is -2.49. The van der Waals surface area contributed by atoms with E-state index in [1.54, 1.807) is 0 Å². The Morgan fingerprint density at radius 1 is 0.909 bits per heavy atom. The van der Waals surface area contributed by atoms with Gasteiger partial charge in [-0.25, -0.2) is 0 Å². The first-order chi connectivity index (χ1) is 10.7. The molecule has 2 saturated heterocycles. The zero-order valence-corrected chi connectivity index (χ0v) is 13.6. The van der Waals surface area contributed by atoms with Gasteiger partial charge >= 0.3 is 0 Å². The van der Waals surface area contributed by atoms with Crippen molar-refractivity contribution in [1.82, 2.24) is 14.7 Å². The van der Waals surface area contributed by atoms with Crippen molar-refractivity contribution in [2.45, 2.75) is 26.3 Å². The lowest BCUT2D eigenvalue weighted by Gasteiger charge is -2.35. The molecule has 2 aliphatic rings. The van der Waals surface area contributed by atoms with Crippen LogP contribution in [0.25, 0.3) is 0 Å². The second-order valence-electron chi connectivity index (χ2n) is 6.63. The summed E-state index contributed by atoms with van der Waals surface area (Å²) < 4.78 is 0. The average Bonchev–Trinajstić information content (AvgIpc) is 3.06. The van der Waals surface area contributed by atoms with Crippen LogP contribution in [0, 0.1) is 6.92 Å². The monoisotopic (exact) mass is 301 g/mol. The number of aryl methyl sites for hydroxylation is 1. The van der Waals surface area contributed by atoms with E-state index in [1.807, 2.05) is 4.90 Å². The molecule has 0 atom stereocenters. The fraction of sp³-hybridized carbons (Fsp3) is 0.611. The highest BCUT2D eigenvalue weighted by molar-refractivity contribution is 5.78. The predicted octanol–water partition coefficient (Wildman–Crippen LogP) is 1.74. The van der Waals surface area contributed by atoms with E-state index in [1.165, 1.54) is 24.0 Å². The van der Waals surface area contributed by atoms with Crippen LogP contribution in [0.15, 0.2) is 24.3 Å². The Balaban J connectivity index is 1.42. The fourth-order valence-electron chi connectivity index (χ4n) is 3.32. The van der Waals surface area contributed by atoms with Gasteiger partial charge in [-0.15, -0.1) is 0 Å². The minimum absolute atomic E-state index is 0.324. The van der Waals surface area contributed by atoms with Crippen LogP contribution in [0.3, 0.4) is 0 Å². The summed E-state index contributed by atoms with van der Waals surface area (Å²) in [5.41, 5.74) is 2.70. The molecule has 0 N–H and O–H groups in total. The molecule has 0 bridgehead atoms. The summed E-state index contributed by atoms with van der Waals surface area (Å²) in [6.07, 6.45) is 2.35. The highest BCUT2D eigenvalue weighted by Gasteiger charge is 2.23. The summed E-state index contributed by atoms with van der Waals surface area (Å²) in [6.45, 7) is 9.81. The first-order valence-corrected chi connectivity index (χ1v) is 8.49. The molecule has 1 aromatic carbocycles. The van der Waals surface area contributed by atoms with Gasteiger partial charge in [0.25, 0.3) is 0 Å². The van der Waals surface area contributed by atoms with Gasteiger partial charge in [0, 0.05) is 45.8 Å². The number of hydrogen-bond donors (Lipinski definition) is 0. The molecule has 0 aliphatic carbocycles. The van der Waals surface area contributed by atoms with Gasteiger partial charge in [-0.3, -0.25) is 14.6 Å². The molecule has 3 rings (SSSR count). The molecule has 2 heterocycles. The summed E-state index contributed by atoms with van der Waals surface area (Å²) in [5, 5.41) is 0. The molecule has 4 nitrogen and oxygen atoms in total. The van der Waals surface area contributed by atoms with Crippen LogP contribution >= 0.6 is 0 Å². The van der Waals surface area contributed by atoms with Gasteiger partial charge in [-0.1, -0.05) is 29.8 Å². The number of amides is 1. The third-order valence-electron chi connectivity index (χ3n) is 4.81. The highest BCUT2D eigenvalue weighted by Crippen LogP contribution is 2.11. The molecule has 0 spiro atoms. The maximum Gasteiger partial charge on any atom is 0.236 e. The van der Waals surface area contributed by atoms with Crippen LogP contribution in [0.4, 0.5) is 0 Å². The van der Waals surface area contributed by atoms with Gasteiger partial charge in [0.2, 0.25) is 5.91 Å². The second kappa shape index (κ2) is 7.25. The van der Waals surface area contributed by atoms with Gasteiger partial charge in [0.05, 0.1) is 6.54 Å². The first kappa shape index (κ1) is 15.5. The Morgan fingerprint density at radius 2 is 1.50 bits per heavy atom. The van der Waals surface area contributed by atoms with Crippen LogP contribution in [0.5, 0.6) is 0 Å². The fourth-order valence-corrected chi connectivity index (χ4v) is 3.32. The number of carbonyl (C=O) groups is 1. The number of rotatable bonds is 4. The van der Waals surface area contributed by atoms with Crippen LogP contribution in [0.2, 0.25) is 0 Å². The lowest BCUT2D eigenvalue weighted by atomic mass is 10.1. The molecule has 2 aliphatic heterocycles. The van der Waals surface area contributed by atoms with Crippen LogP contribution < -0.4 is 0 Å². The van der Waals surface area contributed by atoms with E-state index in [-0.39, 0.29) is 0 Å². The highest BCUT2D eigenvalue weighted by atomic mass is 16.2. The molecule has 4 heteroatoms. The topological polar surface area (TPSA) is 26.8 Å². The van der Waals surface area contributed by atoms with E-state index in [4.69, 9.17) is 0 Å². The molecule has 0 saturated carbocycles. The standard InChI is InChI=1S/C18H27N3O/c1-16-4-6-17(7-5-16)14-19-10-12-20(13-11-19)15-18(22)21-8-2-3-9-21/h4-7H,2-3,8-15H2,1H3. The molecule has 120 valence electrons. The quantitative estimate of drug-likeness (QED) is 0.847. The Kier molecular flexibility index (Phi) is 5.11. The third-order valence-corrected chi connectivity index (χ3v) is 4.81. The minimum atomic E-state index is 0.324. The third kappa shape index (κ3) is 4.08. The number of hydrogen-bond acceptors (Lipinski definition) is 3. The van der Waals surface area contributed by atoms with Gasteiger partial charge in [-0.2, -0.15) is 0 Å². The maximum absolute atomic E-state index is 12.2. The van der Waals surface area contributed by atoms with Gasteiger partial charge in [-0.05, 0) is 25.3 Å². The largest absolute Gasteiger partial charge is 0.342 e. The zero-order chi connectivity index (χ0) is 15.4. The first-order valence-electron chi connectivity index (χ1n) is 8.49. The van der Waals surface area contributed by atoms with Crippen molar-refractivity contribution in [3.63, 3.8) is 0 Å². The normalized spacial score (nSPS) is 20.5. The van der Waals surface area contributed by atoms with Crippen molar-refractivity contribution in [1.29, 1.82) is 0 Å². The van der Waals surface area contributed by atoms with Crippen molar-refractivity contribution >= 4 is 5.91 Å². The zero-order valence-electron chi connectivity index (χ0n) is 13.6. The number of nitrogens with zero attached hydrogens (tertiary/aromatic N) is 3. The van der Waals surface area contributed by atoms with Crippen molar-refractivity contribution in [3.05, 3.63) is 35.4 Å². The molecule has 0 unspecified atom stereocenters. The smallest absolute Gasteiger partial charge is 0.236 e. The summed E-state index contributed by atoms with van der Waals surface area (Å²) in [4.78, 5) is 19.0. The molecule has 1 amide bonds. The van der Waals surface area contributed by atoms with Gasteiger partial charge < -0.3 is 4.90 Å². The molecule has 2 fully saturated rings. The molecule has 1 aromatic rings. The van der Waals surface area contributed by atoms with Crippen LogP contribution in [-0.4, -0.2) is 66.4 Å². The van der Waals surface area contributed by atoms with E-state index >= 15 is 0 Å². The molecule has 22 heavy (non-hydrogen) atoms. The van der Waals surface area contributed by atoms with E-state index < -0.39 is 0 Å². The van der Waals surface area contributed by atoms with Crippen molar-refractivity contribution in [2.24, 2.45) is 0 Å². The minimum Gasteiger partial charge on any atom is -0.342 e. The number of benzene rings is 1. The Morgan fingerprint density at radius 3 is 2.14 bits per heavy atom. The van der Waals surface area contributed by atoms with Crippen LogP contribution in [-0.2, 0) is 11.3 Å². The number of carbonyl (C=O) groups excluding carboxylic acids is 1. The Bertz CT molecular complexity index is 486. The van der Waals surface area contributed by atoms with E-state index in [0.717, 1.165) is 45.8 Å². The lowest BCUT2D eigenvalue weighted by molar-refractivity contribution is -0.131. The number of likely N-dealkylation sites (tertiary alicyclic amines) is 1.